The molecule has 136 valence electrons. The molecule has 2 heterocycles. The fourth-order valence-corrected chi connectivity index (χ4v) is 3.76. The molecule has 2 aromatic rings. The Morgan fingerprint density at radius 2 is 1.92 bits per heavy atom. The second kappa shape index (κ2) is 7.72. The van der Waals surface area contributed by atoms with E-state index < -0.39 is 0 Å². The number of carbonyl (C=O) groups is 1. The van der Waals surface area contributed by atoms with Crippen LogP contribution in [0.25, 0.3) is 0 Å². The average molecular weight is 352 g/mol. The summed E-state index contributed by atoms with van der Waals surface area (Å²) in [7, 11) is 0. The fraction of sp³-hybridized carbons (Fsp3) is 0.450. The topological polar surface area (TPSA) is 67.3 Å². The molecule has 0 unspecified atom stereocenters. The summed E-state index contributed by atoms with van der Waals surface area (Å²) >= 11 is 0. The zero-order valence-electron chi connectivity index (χ0n) is 14.8. The maximum atomic E-state index is 12.3. The van der Waals surface area contributed by atoms with E-state index in [1.807, 2.05) is 18.2 Å². The van der Waals surface area contributed by atoms with Gasteiger partial charge in [-0.25, -0.2) is 9.78 Å². The van der Waals surface area contributed by atoms with Crippen LogP contribution in [-0.2, 0) is 11.2 Å². The number of nitrogens with zero attached hydrogens (tertiary/aromatic N) is 3. The van der Waals surface area contributed by atoms with Crippen molar-refractivity contribution in [3.8, 4) is 0 Å². The van der Waals surface area contributed by atoms with Gasteiger partial charge in [-0.2, -0.15) is 4.98 Å². The van der Waals surface area contributed by atoms with Crippen molar-refractivity contribution < 1.29 is 9.53 Å². The van der Waals surface area contributed by atoms with Gasteiger partial charge in [-0.15, -0.1) is 0 Å². The van der Waals surface area contributed by atoms with E-state index in [9.17, 15) is 4.79 Å². The highest BCUT2D eigenvalue weighted by molar-refractivity contribution is 5.89. The molecule has 2 fully saturated rings. The number of aromatic nitrogens is 2. The van der Waals surface area contributed by atoms with Gasteiger partial charge in [0.25, 0.3) is 0 Å². The molecule has 0 radical (unpaired) electrons. The van der Waals surface area contributed by atoms with Gasteiger partial charge in [0.15, 0.2) is 0 Å². The van der Waals surface area contributed by atoms with E-state index in [4.69, 9.17) is 4.74 Å². The summed E-state index contributed by atoms with van der Waals surface area (Å²) in [5, 5.41) is 3.42. The van der Waals surface area contributed by atoms with Crippen LogP contribution in [0, 0.1) is 0 Å². The first-order valence-electron chi connectivity index (χ1n) is 9.39. The molecular formula is C20H24N4O2. The van der Waals surface area contributed by atoms with Gasteiger partial charge >= 0.3 is 6.09 Å². The molecule has 1 aromatic heterocycles. The lowest BCUT2D eigenvalue weighted by atomic mass is 9.96. The van der Waals surface area contributed by atoms with Crippen molar-refractivity contribution in [1.29, 1.82) is 0 Å². The Kier molecular flexibility index (Phi) is 5.00. The third-order valence-electron chi connectivity index (χ3n) is 5.10. The molecule has 1 saturated heterocycles. The Bertz CT molecular complexity index is 746. The molecule has 2 aliphatic rings. The first-order valence-corrected chi connectivity index (χ1v) is 9.39. The molecule has 1 aliphatic heterocycles. The average Bonchev–Trinajstić information content (AvgIpc) is 3.04. The van der Waals surface area contributed by atoms with E-state index in [0.717, 1.165) is 19.3 Å². The van der Waals surface area contributed by atoms with E-state index in [1.54, 1.807) is 17.2 Å². The van der Waals surface area contributed by atoms with Gasteiger partial charge in [-0.05, 0) is 30.9 Å². The molecular weight excluding hydrogens is 328 g/mol. The van der Waals surface area contributed by atoms with Crippen molar-refractivity contribution in [2.24, 2.45) is 0 Å². The van der Waals surface area contributed by atoms with Gasteiger partial charge in [0.2, 0.25) is 5.95 Å². The molecule has 0 bridgehead atoms. The predicted octanol–water partition coefficient (Wildman–Crippen LogP) is 3.79. The summed E-state index contributed by atoms with van der Waals surface area (Å²) in [5.41, 5.74) is 1.18. The number of hydrogen-bond donors (Lipinski definition) is 1. The van der Waals surface area contributed by atoms with Crippen molar-refractivity contribution in [1.82, 2.24) is 9.97 Å². The maximum absolute atomic E-state index is 12.3. The fourth-order valence-electron chi connectivity index (χ4n) is 3.76. The molecule has 6 nitrogen and oxygen atoms in total. The number of benzene rings is 1. The largest absolute Gasteiger partial charge is 0.447 e. The van der Waals surface area contributed by atoms with Crippen LogP contribution in [-0.4, -0.2) is 34.8 Å². The van der Waals surface area contributed by atoms with E-state index in [0.29, 0.717) is 24.4 Å². The highest BCUT2D eigenvalue weighted by Crippen LogP contribution is 2.25. The van der Waals surface area contributed by atoms with Gasteiger partial charge in [-0.1, -0.05) is 49.6 Å². The number of amides is 1. The lowest BCUT2D eigenvalue weighted by molar-refractivity contribution is 0.178. The van der Waals surface area contributed by atoms with Crippen LogP contribution < -0.4 is 10.2 Å². The molecule has 1 saturated carbocycles. The van der Waals surface area contributed by atoms with Crippen molar-refractivity contribution in [3.63, 3.8) is 0 Å². The second-order valence-electron chi connectivity index (χ2n) is 7.01. The third kappa shape index (κ3) is 3.79. The van der Waals surface area contributed by atoms with Crippen LogP contribution in [0.4, 0.5) is 16.6 Å². The lowest BCUT2D eigenvalue weighted by Crippen LogP contribution is -2.36. The SMILES string of the molecule is O=C1OC[C@H](Cc2ccccc2)N1c1ccnc(NC2CCCCC2)n1. The van der Waals surface area contributed by atoms with Crippen molar-refractivity contribution in [2.45, 2.75) is 50.6 Å². The Hall–Kier alpha value is -2.63. The molecule has 1 amide bonds. The third-order valence-corrected chi connectivity index (χ3v) is 5.10. The van der Waals surface area contributed by atoms with Gasteiger partial charge in [-0.3, -0.25) is 4.90 Å². The lowest BCUT2D eigenvalue weighted by Gasteiger charge is -2.24. The monoisotopic (exact) mass is 352 g/mol. The highest BCUT2D eigenvalue weighted by atomic mass is 16.6. The summed E-state index contributed by atoms with van der Waals surface area (Å²) in [6, 6.07) is 12.3. The number of nitrogens with one attached hydrogen (secondary N) is 1. The standard InChI is InChI=1S/C20H24N4O2/c25-20-24(17(14-26-20)13-15-7-3-1-4-8-15)18-11-12-21-19(23-18)22-16-9-5-2-6-10-16/h1,3-4,7-8,11-12,16-17H,2,5-6,9-10,13-14H2,(H,21,22,23)/t17-/m0/s1. The number of hydrogen-bond acceptors (Lipinski definition) is 5. The minimum absolute atomic E-state index is 0.0534. The first-order chi connectivity index (χ1) is 12.8. The molecule has 1 atom stereocenters. The van der Waals surface area contributed by atoms with Crippen LogP contribution in [0.5, 0.6) is 0 Å². The Labute approximate surface area is 153 Å². The molecule has 1 aromatic carbocycles. The van der Waals surface area contributed by atoms with Gasteiger partial charge in [0, 0.05) is 12.2 Å². The van der Waals surface area contributed by atoms with E-state index >= 15 is 0 Å². The summed E-state index contributed by atoms with van der Waals surface area (Å²) in [6.45, 7) is 0.378. The molecule has 6 heteroatoms. The molecule has 1 aliphatic carbocycles. The molecule has 1 N–H and O–H groups in total. The second-order valence-corrected chi connectivity index (χ2v) is 7.01. The summed E-state index contributed by atoms with van der Waals surface area (Å²) in [5.74, 6) is 1.19. The van der Waals surface area contributed by atoms with Crippen molar-refractivity contribution >= 4 is 17.9 Å². The van der Waals surface area contributed by atoms with E-state index in [-0.39, 0.29) is 12.1 Å². The Balaban J connectivity index is 1.50. The number of anilines is 2. The first kappa shape index (κ1) is 16.8. The van der Waals surface area contributed by atoms with Crippen LogP contribution in [0.1, 0.15) is 37.7 Å². The zero-order valence-corrected chi connectivity index (χ0v) is 14.8. The van der Waals surface area contributed by atoms with Crippen LogP contribution in [0.2, 0.25) is 0 Å². The Morgan fingerprint density at radius 3 is 2.73 bits per heavy atom. The Morgan fingerprint density at radius 1 is 1.12 bits per heavy atom. The normalized spacial score (nSPS) is 20.8. The smallest absolute Gasteiger partial charge is 0.415 e. The molecule has 4 rings (SSSR count). The number of ether oxygens (including phenoxy) is 1. The summed E-state index contributed by atoms with van der Waals surface area (Å²) < 4.78 is 5.30. The van der Waals surface area contributed by atoms with Crippen molar-refractivity contribution in [3.05, 3.63) is 48.2 Å². The van der Waals surface area contributed by atoms with Crippen LogP contribution >= 0.6 is 0 Å². The van der Waals surface area contributed by atoms with E-state index in [1.165, 1.54) is 24.8 Å². The summed E-state index contributed by atoms with van der Waals surface area (Å²) in [6.07, 6.45) is 8.20. The molecule has 0 spiro atoms. The number of rotatable bonds is 5. The van der Waals surface area contributed by atoms with Gasteiger partial charge < -0.3 is 10.1 Å². The van der Waals surface area contributed by atoms with Crippen LogP contribution in [0.3, 0.4) is 0 Å². The predicted molar refractivity (Wildman–Crippen MR) is 100 cm³/mol. The van der Waals surface area contributed by atoms with Gasteiger partial charge in [0.05, 0.1) is 6.04 Å². The highest BCUT2D eigenvalue weighted by Gasteiger charge is 2.35. The minimum Gasteiger partial charge on any atom is -0.447 e. The minimum atomic E-state index is -0.340. The van der Waals surface area contributed by atoms with Gasteiger partial charge in [0.1, 0.15) is 12.4 Å². The quantitative estimate of drug-likeness (QED) is 0.887. The van der Waals surface area contributed by atoms with E-state index in [2.05, 4.69) is 27.4 Å². The number of cyclic esters (lactones) is 1. The maximum Gasteiger partial charge on any atom is 0.415 e. The zero-order chi connectivity index (χ0) is 17.8. The van der Waals surface area contributed by atoms with Crippen LogP contribution in [0.15, 0.2) is 42.6 Å². The summed E-state index contributed by atoms with van der Waals surface area (Å²) in [4.78, 5) is 22.9. The number of carbonyl (C=O) groups excluding carboxylic acids is 1. The van der Waals surface area contributed by atoms with Crippen molar-refractivity contribution in [2.75, 3.05) is 16.8 Å². The molecule has 26 heavy (non-hydrogen) atoms.